The van der Waals surface area contributed by atoms with E-state index in [4.69, 9.17) is 0 Å². The second-order valence-corrected chi connectivity index (χ2v) is 16.0. The highest BCUT2D eigenvalue weighted by Gasteiger charge is 2.46. The van der Waals surface area contributed by atoms with Gasteiger partial charge in [0, 0.05) is 23.4 Å². The van der Waals surface area contributed by atoms with Crippen molar-refractivity contribution in [2.75, 3.05) is 13.3 Å². The van der Waals surface area contributed by atoms with E-state index in [1.165, 1.54) is 0 Å². The molecule has 47 heavy (non-hydrogen) atoms. The van der Waals surface area contributed by atoms with Crippen LogP contribution in [0, 0.1) is 0 Å². The fourth-order valence-electron chi connectivity index (χ4n) is 6.30. The van der Waals surface area contributed by atoms with Crippen LogP contribution in [0.5, 0.6) is 0 Å². The van der Waals surface area contributed by atoms with E-state index >= 15 is 0 Å². The number of benzene rings is 5. The second-order valence-electron chi connectivity index (χ2n) is 12.8. The molecule has 0 bridgehead atoms. The molecule has 0 aliphatic heterocycles. The van der Waals surface area contributed by atoms with Gasteiger partial charge in [-0.1, -0.05) is 84.9 Å². The van der Waals surface area contributed by atoms with Gasteiger partial charge in [0.15, 0.2) is 0 Å². The monoisotopic (exact) mass is 638 g/mol. The summed E-state index contributed by atoms with van der Waals surface area (Å²) in [6.07, 6.45) is 3.57. The molecule has 0 spiro atoms. The van der Waals surface area contributed by atoms with Crippen molar-refractivity contribution in [2.24, 2.45) is 0 Å². The maximum atomic E-state index is 14.3. The topological polar surface area (TPSA) is 88.4 Å². The average Bonchev–Trinajstić information content (AvgIpc) is 3.76. The molecule has 7 rings (SSSR count). The Balaban J connectivity index is 1.27. The van der Waals surface area contributed by atoms with Crippen LogP contribution < -0.4 is 10.6 Å². The van der Waals surface area contributed by atoms with Gasteiger partial charge in [-0.2, -0.15) is 0 Å². The Morgan fingerprint density at radius 1 is 0.766 bits per heavy atom. The van der Waals surface area contributed by atoms with Crippen molar-refractivity contribution in [3.05, 3.63) is 150 Å². The van der Waals surface area contributed by atoms with Crippen LogP contribution in [0.2, 0.25) is 0 Å². The van der Waals surface area contributed by atoms with Gasteiger partial charge in [-0.05, 0) is 96.0 Å². The smallest absolute Gasteiger partial charge is 0.335 e. The summed E-state index contributed by atoms with van der Waals surface area (Å²) in [7, 11) is -2.49. The van der Waals surface area contributed by atoms with Crippen LogP contribution in [0.1, 0.15) is 44.7 Å². The number of carbonyl (C=O) groups excluding carboxylic acids is 1. The Bertz CT molecular complexity index is 2170. The molecule has 0 atom stereocenters. The molecule has 5 aromatic carbocycles. The van der Waals surface area contributed by atoms with Gasteiger partial charge in [-0.15, -0.1) is 0 Å². The molecule has 1 aliphatic carbocycles. The van der Waals surface area contributed by atoms with E-state index in [0.717, 1.165) is 62.4 Å². The van der Waals surface area contributed by atoms with Crippen molar-refractivity contribution in [3.8, 4) is 22.3 Å². The number of rotatable bonds is 9. The standard InChI is InChI=1S/C40H35N2O4P/c1-47(2,46)35-10-6-9-31(24-35)33-23-32-19-22-42(26-27-11-13-29(14-12-27)28-7-4-3-5-8-28)37(32)36(25-33)38(43)41-40(20-21-40)34-17-15-30(16-18-34)39(44)45/h3-19,22-25H,20-21,26H2,1-2H3,(H,41,43)(H,44,45). The molecule has 6 aromatic rings. The molecule has 7 heteroatoms. The molecule has 1 saturated carbocycles. The SMILES string of the molecule is CP(C)(=O)c1cccc(-c2cc(C(=O)NC3(c4ccc(C(=O)O)cc4)CC3)c3c(ccn3Cc3ccc(-c4ccccc4)cc3)c2)c1. The summed E-state index contributed by atoms with van der Waals surface area (Å²) in [6.45, 7) is 4.11. The number of carbonyl (C=O) groups is 2. The first kappa shape index (κ1) is 30.5. The number of nitrogens with one attached hydrogen (secondary N) is 1. The fourth-order valence-corrected chi connectivity index (χ4v) is 7.19. The van der Waals surface area contributed by atoms with Crippen LogP contribution in [0.3, 0.4) is 0 Å². The quantitative estimate of drug-likeness (QED) is 0.156. The third-order valence-electron chi connectivity index (χ3n) is 9.11. The number of amides is 1. The van der Waals surface area contributed by atoms with Crippen LogP contribution >= 0.6 is 7.14 Å². The largest absolute Gasteiger partial charge is 0.478 e. The Morgan fingerprint density at radius 3 is 2.11 bits per heavy atom. The van der Waals surface area contributed by atoms with E-state index in [-0.39, 0.29) is 11.5 Å². The summed E-state index contributed by atoms with van der Waals surface area (Å²) in [6, 6.07) is 39.4. The van der Waals surface area contributed by atoms with Crippen molar-refractivity contribution in [1.29, 1.82) is 0 Å². The predicted octanol–water partition coefficient (Wildman–Crippen LogP) is 8.39. The van der Waals surface area contributed by atoms with Crippen LogP contribution in [0.4, 0.5) is 0 Å². The first-order valence-electron chi connectivity index (χ1n) is 15.7. The molecular formula is C40H35N2O4P. The number of aromatic carboxylic acids is 1. The third kappa shape index (κ3) is 6.17. The summed E-state index contributed by atoms with van der Waals surface area (Å²) in [5.74, 6) is -1.17. The van der Waals surface area contributed by atoms with Gasteiger partial charge in [-0.25, -0.2) is 4.79 Å². The van der Waals surface area contributed by atoms with Crippen molar-refractivity contribution in [3.63, 3.8) is 0 Å². The van der Waals surface area contributed by atoms with E-state index in [9.17, 15) is 19.3 Å². The summed E-state index contributed by atoms with van der Waals surface area (Å²) < 4.78 is 15.0. The van der Waals surface area contributed by atoms with Gasteiger partial charge < -0.3 is 19.6 Å². The summed E-state index contributed by atoms with van der Waals surface area (Å²) in [5.41, 5.74) is 7.15. The zero-order valence-electron chi connectivity index (χ0n) is 26.3. The number of carboxylic acid groups (broad SMARTS) is 1. The van der Waals surface area contributed by atoms with Gasteiger partial charge in [0.05, 0.1) is 22.2 Å². The molecule has 0 saturated heterocycles. The van der Waals surface area contributed by atoms with Crippen molar-refractivity contribution >= 4 is 35.2 Å². The van der Waals surface area contributed by atoms with Crippen molar-refractivity contribution in [1.82, 2.24) is 9.88 Å². The maximum absolute atomic E-state index is 14.3. The van der Waals surface area contributed by atoms with Crippen LogP contribution in [-0.2, 0) is 16.6 Å². The zero-order chi connectivity index (χ0) is 32.8. The molecule has 2 N–H and O–H groups in total. The minimum absolute atomic E-state index is 0.191. The van der Waals surface area contributed by atoms with Crippen LogP contribution in [0.15, 0.2) is 128 Å². The summed E-state index contributed by atoms with van der Waals surface area (Å²) >= 11 is 0. The van der Waals surface area contributed by atoms with Crippen molar-refractivity contribution < 1.29 is 19.3 Å². The summed E-state index contributed by atoms with van der Waals surface area (Å²) in [5, 5.41) is 14.4. The highest BCUT2D eigenvalue weighted by atomic mass is 31.2. The predicted molar refractivity (Wildman–Crippen MR) is 189 cm³/mol. The van der Waals surface area contributed by atoms with E-state index in [0.29, 0.717) is 12.1 Å². The lowest BCUT2D eigenvalue weighted by atomic mass is 9.98. The number of fused-ring (bicyclic) bond motifs is 1. The molecule has 1 fully saturated rings. The molecule has 1 aromatic heterocycles. The van der Waals surface area contributed by atoms with Gasteiger partial charge in [0.1, 0.15) is 7.14 Å². The minimum Gasteiger partial charge on any atom is -0.478 e. The Morgan fingerprint density at radius 2 is 1.45 bits per heavy atom. The Kier molecular flexibility index (Phi) is 7.69. The lowest BCUT2D eigenvalue weighted by Crippen LogP contribution is -2.35. The zero-order valence-corrected chi connectivity index (χ0v) is 27.2. The lowest BCUT2D eigenvalue weighted by Gasteiger charge is -2.20. The van der Waals surface area contributed by atoms with E-state index < -0.39 is 18.7 Å². The molecule has 1 aliphatic rings. The first-order chi connectivity index (χ1) is 22.6. The highest BCUT2D eigenvalue weighted by molar-refractivity contribution is 7.70. The number of carboxylic acids is 1. The van der Waals surface area contributed by atoms with Gasteiger partial charge in [0.25, 0.3) is 5.91 Å². The number of hydrogen-bond acceptors (Lipinski definition) is 3. The molecule has 0 unspecified atom stereocenters. The highest BCUT2D eigenvalue weighted by Crippen LogP contribution is 2.46. The van der Waals surface area contributed by atoms with E-state index in [1.807, 2.05) is 60.8 Å². The number of hydrogen-bond donors (Lipinski definition) is 2. The Hall–Kier alpha value is -5.19. The maximum Gasteiger partial charge on any atom is 0.335 e. The fraction of sp³-hybridized carbons (Fsp3) is 0.150. The first-order valence-corrected chi connectivity index (χ1v) is 18.3. The van der Waals surface area contributed by atoms with Crippen LogP contribution in [0.25, 0.3) is 33.2 Å². The number of aromatic nitrogens is 1. The average molecular weight is 639 g/mol. The molecule has 234 valence electrons. The minimum atomic E-state index is -2.49. The Labute approximate surface area is 274 Å². The van der Waals surface area contributed by atoms with Gasteiger partial charge >= 0.3 is 5.97 Å². The lowest BCUT2D eigenvalue weighted by molar-refractivity contribution is 0.0696. The summed E-state index contributed by atoms with van der Waals surface area (Å²) in [4.78, 5) is 25.7. The molecule has 6 nitrogen and oxygen atoms in total. The molecule has 0 radical (unpaired) electrons. The van der Waals surface area contributed by atoms with E-state index in [2.05, 4.69) is 52.3 Å². The second kappa shape index (κ2) is 11.9. The molecule has 1 heterocycles. The number of nitrogens with zero attached hydrogens (tertiary/aromatic N) is 1. The molecule has 1 amide bonds. The molecular weight excluding hydrogens is 603 g/mol. The van der Waals surface area contributed by atoms with Gasteiger partial charge in [0.2, 0.25) is 0 Å². The normalized spacial score (nSPS) is 13.7. The van der Waals surface area contributed by atoms with Crippen LogP contribution in [-0.4, -0.2) is 34.9 Å². The van der Waals surface area contributed by atoms with Gasteiger partial charge in [-0.3, -0.25) is 4.79 Å². The van der Waals surface area contributed by atoms with Crippen molar-refractivity contribution in [2.45, 2.75) is 24.9 Å². The van der Waals surface area contributed by atoms with E-state index in [1.54, 1.807) is 37.6 Å². The third-order valence-corrected chi connectivity index (χ3v) is 10.6.